The Bertz CT molecular complexity index is 539. The van der Waals surface area contributed by atoms with E-state index in [2.05, 4.69) is 4.72 Å². The van der Waals surface area contributed by atoms with Crippen molar-refractivity contribution in [1.82, 2.24) is 9.03 Å². The van der Waals surface area contributed by atoms with Crippen molar-refractivity contribution in [1.29, 1.82) is 0 Å². The molecule has 1 aliphatic rings. The lowest BCUT2D eigenvalue weighted by Crippen LogP contribution is -2.53. The molecule has 0 aromatic heterocycles. The van der Waals surface area contributed by atoms with Crippen LogP contribution in [-0.4, -0.2) is 31.9 Å². The second-order valence-corrected chi connectivity index (χ2v) is 7.85. The van der Waals surface area contributed by atoms with Crippen LogP contribution in [-0.2, 0) is 16.8 Å². The van der Waals surface area contributed by atoms with Gasteiger partial charge in [0.05, 0.1) is 0 Å². The molecule has 1 aromatic rings. The van der Waals surface area contributed by atoms with Gasteiger partial charge < -0.3 is 5.73 Å². The van der Waals surface area contributed by atoms with E-state index in [1.165, 1.54) is 10.7 Å². The van der Waals surface area contributed by atoms with Crippen LogP contribution in [0.4, 0.5) is 0 Å². The maximum Gasteiger partial charge on any atom is 0.279 e. The van der Waals surface area contributed by atoms with Gasteiger partial charge in [0.1, 0.15) is 0 Å². The van der Waals surface area contributed by atoms with Crippen LogP contribution in [0.2, 0.25) is 0 Å². The van der Waals surface area contributed by atoms with Gasteiger partial charge in [0, 0.05) is 25.7 Å². The molecule has 1 aromatic carbocycles. The average Bonchev–Trinajstić information content (AvgIpc) is 2.47. The summed E-state index contributed by atoms with van der Waals surface area (Å²) in [6.07, 6.45) is 5.13. The Labute approximate surface area is 127 Å². The summed E-state index contributed by atoms with van der Waals surface area (Å²) in [4.78, 5) is 0. The molecular weight excluding hydrogens is 286 g/mol. The second kappa shape index (κ2) is 6.87. The summed E-state index contributed by atoms with van der Waals surface area (Å²) in [7, 11) is -1.91. The third-order valence-corrected chi connectivity index (χ3v) is 5.57. The summed E-state index contributed by atoms with van der Waals surface area (Å²) in [5.41, 5.74) is 6.85. The predicted molar refractivity (Wildman–Crippen MR) is 84.8 cm³/mol. The average molecular weight is 311 g/mol. The summed E-state index contributed by atoms with van der Waals surface area (Å²) in [6, 6.07) is 9.55. The van der Waals surface area contributed by atoms with Crippen molar-refractivity contribution in [2.75, 3.05) is 13.6 Å². The van der Waals surface area contributed by atoms with Gasteiger partial charge in [-0.15, -0.1) is 0 Å². The molecule has 6 heteroatoms. The van der Waals surface area contributed by atoms with Crippen molar-refractivity contribution >= 4 is 10.2 Å². The highest BCUT2D eigenvalue weighted by Gasteiger charge is 2.29. The normalized spacial score (nSPS) is 18.8. The van der Waals surface area contributed by atoms with Gasteiger partial charge in [0.15, 0.2) is 0 Å². The molecule has 3 N–H and O–H groups in total. The van der Waals surface area contributed by atoms with E-state index in [0.29, 0.717) is 13.1 Å². The zero-order valence-corrected chi connectivity index (χ0v) is 13.4. The number of rotatable bonds is 6. The van der Waals surface area contributed by atoms with Crippen LogP contribution in [0, 0.1) is 0 Å². The van der Waals surface area contributed by atoms with Crippen LogP contribution in [0.25, 0.3) is 0 Å². The highest BCUT2D eigenvalue weighted by atomic mass is 32.2. The van der Waals surface area contributed by atoms with E-state index in [0.717, 1.165) is 31.2 Å². The molecule has 2 rings (SSSR count). The second-order valence-electron chi connectivity index (χ2n) is 5.99. The van der Waals surface area contributed by atoms with Crippen molar-refractivity contribution in [3.63, 3.8) is 0 Å². The Kier molecular flexibility index (Phi) is 5.37. The van der Waals surface area contributed by atoms with E-state index in [1.807, 2.05) is 30.3 Å². The van der Waals surface area contributed by atoms with Gasteiger partial charge in [-0.3, -0.25) is 0 Å². The fourth-order valence-corrected chi connectivity index (χ4v) is 3.71. The lowest BCUT2D eigenvalue weighted by Gasteiger charge is -2.34. The molecule has 1 aliphatic carbocycles. The molecule has 1 fully saturated rings. The van der Waals surface area contributed by atoms with Crippen LogP contribution in [0.15, 0.2) is 30.3 Å². The van der Waals surface area contributed by atoms with Crippen LogP contribution in [0.3, 0.4) is 0 Å². The number of benzene rings is 1. The SMILES string of the molecule is CN(Cc1ccccc1)S(=O)(=O)NCC1(N)CCCCC1. The number of hydrogen-bond donors (Lipinski definition) is 2. The van der Waals surface area contributed by atoms with Crippen LogP contribution < -0.4 is 10.5 Å². The Morgan fingerprint density at radius 3 is 2.43 bits per heavy atom. The quantitative estimate of drug-likeness (QED) is 0.838. The number of nitrogens with zero attached hydrogens (tertiary/aromatic N) is 1. The first kappa shape index (κ1) is 16.4. The fraction of sp³-hybridized carbons (Fsp3) is 0.600. The molecule has 1 saturated carbocycles. The van der Waals surface area contributed by atoms with Gasteiger partial charge in [0.2, 0.25) is 0 Å². The third-order valence-electron chi connectivity index (χ3n) is 4.11. The molecule has 0 radical (unpaired) electrons. The molecule has 0 unspecified atom stereocenters. The number of nitrogens with two attached hydrogens (primary N) is 1. The van der Waals surface area contributed by atoms with Crippen molar-refractivity contribution in [2.24, 2.45) is 5.73 Å². The smallest absolute Gasteiger partial charge is 0.279 e. The molecule has 0 heterocycles. The molecule has 0 amide bonds. The molecule has 5 nitrogen and oxygen atoms in total. The molecule has 0 atom stereocenters. The summed E-state index contributed by atoms with van der Waals surface area (Å²) in [5, 5.41) is 0. The molecule has 0 bridgehead atoms. The van der Waals surface area contributed by atoms with Crippen LogP contribution in [0.5, 0.6) is 0 Å². The Morgan fingerprint density at radius 1 is 1.19 bits per heavy atom. The third kappa shape index (κ3) is 4.78. The van der Waals surface area contributed by atoms with E-state index in [4.69, 9.17) is 5.73 Å². The topological polar surface area (TPSA) is 75.4 Å². The highest BCUT2D eigenvalue weighted by Crippen LogP contribution is 2.25. The zero-order chi connectivity index (χ0) is 15.3. The number of nitrogens with one attached hydrogen (secondary N) is 1. The standard InChI is InChI=1S/C15H25N3O2S/c1-18(12-14-8-4-2-5-9-14)21(19,20)17-13-15(16)10-6-3-7-11-15/h2,4-5,8-9,17H,3,6-7,10-13,16H2,1H3. The minimum Gasteiger partial charge on any atom is -0.324 e. The Morgan fingerprint density at radius 2 is 1.81 bits per heavy atom. The van der Waals surface area contributed by atoms with Crippen LogP contribution in [0.1, 0.15) is 37.7 Å². The first-order valence-corrected chi connectivity index (χ1v) is 8.89. The summed E-state index contributed by atoms with van der Waals surface area (Å²) >= 11 is 0. The van der Waals surface area contributed by atoms with Gasteiger partial charge in [-0.1, -0.05) is 49.6 Å². The van der Waals surface area contributed by atoms with Crippen molar-refractivity contribution in [2.45, 2.75) is 44.2 Å². The Balaban J connectivity index is 1.91. The summed E-state index contributed by atoms with van der Waals surface area (Å²) in [6.45, 7) is 0.669. The first-order valence-electron chi connectivity index (χ1n) is 7.45. The minimum atomic E-state index is -3.49. The van der Waals surface area contributed by atoms with Crippen molar-refractivity contribution in [3.05, 3.63) is 35.9 Å². The molecule has 118 valence electrons. The van der Waals surface area contributed by atoms with E-state index in [9.17, 15) is 8.42 Å². The molecule has 0 saturated heterocycles. The van der Waals surface area contributed by atoms with Crippen molar-refractivity contribution in [3.8, 4) is 0 Å². The fourth-order valence-electron chi connectivity index (χ4n) is 2.70. The van der Waals surface area contributed by atoms with E-state index < -0.39 is 10.2 Å². The molecular formula is C15H25N3O2S. The van der Waals surface area contributed by atoms with Gasteiger partial charge in [-0.05, 0) is 18.4 Å². The molecule has 0 spiro atoms. The monoisotopic (exact) mass is 311 g/mol. The van der Waals surface area contributed by atoms with Gasteiger partial charge in [-0.25, -0.2) is 4.72 Å². The van der Waals surface area contributed by atoms with Gasteiger partial charge in [0.25, 0.3) is 10.2 Å². The zero-order valence-electron chi connectivity index (χ0n) is 12.6. The minimum absolute atomic E-state index is 0.314. The summed E-state index contributed by atoms with van der Waals surface area (Å²) < 4.78 is 28.5. The first-order chi connectivity index (χ1) is 9.91. The van der Waals surface area contributed by atoms with Gasteiger partial charge in [-0.2, -0.15) is 12.7 Å². The maximum atomic E-state index is 12.3. The maximum absolute atomic E-state index is 12.3. The lowest BCUT2D eigenvalue weighted by molar-refractivity contribution is 0.294. The highest BCUT2D eigenvalue weighted by molar-refractivity contribution is 7.87. The number of hydrogen-bond acceptors (Lipinski definition) is 3. The van der Waals surface area contributed by atoms with Crippen molar-refractivity contribution < 1.29 is 8.42 Å². The van der Waals surface area contributed by atoms with E-state index in [1.54, 1.807) is 7.05 Å². The van der Waals surface area contributed by atoms with Crippen LogP contribution >= 0.6 is 0 Å². The van der Waals surface area contributed by atoms with Gasteiger partial charge >= 0.3 is 0 Å². The largest absolute Gasteiger partial charge is 0.324 e. The molecule has 0 aliphatic heterocycles. The Hall–Kier alpha value is -0.950. The summed E-state index contributed by atoms with van der Waals surface area (Å²) in [5.74, 6) is 0. The molecule has 21 heavy (non-hydrogen) atoms. The predicted octanol–water partition coefficient (Wildman–Crippen LogP) is 1.61. The van der Waals surface area contributed by atoms with E-state index in [-0.39, 0.29) is 5.54 Å². The lowest BCUT2D eigenvalue weighted by atomic mass is 9.83. The van der Waals surface area contributed by atoms with E-state index >= 15 is 0 Å².